The van der Waals surface area contributed by atoms with Gasteiger partial charge in [-0.3, -0.25) is 9.78 Å². The molecule has 1 amide bonds. The molecule has 0 unspecified atom stereocenters. The second kappa shape index (κ2) is 9.32. The van der Waals surface area contributed by atoms with Crippen molar-refractivity contribution >= 4 is 30.7 Å². The zero-order valence-electron chi connectivity index (χ0n) is 14.6. The number of nitrogens with one attached hydrogen (secondary N) is 1. The van der Waals surface area contributed by atoms with Crippen LogP contribution in [0, 0.1) is 6.92 Å². The van der Waals surface area contributed by atoms with Gasteiger partial charge in [-0.15, -0.1) is 24.8 Å². The third-order valence-electron chi connectivity index (χ3n) is 4.60. The molecular weight excluding hydrogens is 377 g/mol. The van der Waals surface area contributed by atoms with Gasteiger partial charge in [-0.05, 0) is 31.4 Å². The molecule has 2 aromatic heterocycles. The summed E-state index contributed by atoms with van der Waals surface area (Å²) in [6, 6.07) is 3.20. The van der Waals surface area contributed by atoms with Crippen LogP contribution in [0.2, 0.25) is 0 Å². The molecule has 1 saturated heterocycles. The van der Waals surface area contributed by atoms with E-state index in [1.807, 2.05) is 19.1 Å². The first kappa shape index (κ1) is 22.4. The Morgan fingerprint density at radius 2 is 2.04 bits per heavy atom. The molecule has 1 aliphatic heterocycles. The van der Waals surface area contributed by atoms with Crippen molar-refractivity contribution in [2.45, 2.75) is 37.8 Å². The van der Waals surface area contributed by atoms with Gasteiger partial charge in [0.2, 0.25) is 5.91 Å². The number of halogens is 2. The number of piperidine rings is 1. The number of aryl methyl sites for hydroxylation is 1. The molecular formula is C17H25Cl2N5O2. The molecule has 0 saturated carbocycles. The highest BCUT2D eigenvalue weighted by molar-refractivity contribution is 5.85. The SMILES string of the molecule is Cc1ccc(C2(O)CCN(C(=O)[C@@H](N)Cc3cnc[nH]3)CC2)nc1.Cl.Cl. The highest BCUT2D eigenvalue weighted by Crippen LogP contribution is 2.31. The lowest BCUT2D eigenvalue weighted by atomic mass is 9.87. The van der Waals surface area contributed by atoms with E-state index in [2.05, 4.69) is 15.0 Å². The molecule has 2 aromatic rings. The zero-order valence-corrected chi connectivity index (χ0v) is 16.2. The largest absolute Gasteiger partial charge is 0.383 e. The number of nitrogens with zero attached hydrogens (tertiary/aromatic N) is 3. The first-order chi connectivity index (χ1) is 11.5. The number of likely N-dealkylation sites (tertiary alicyclic amines) is 1. The van der Waals surface area contributed by atoms with Crippen molar-refractivity contribution < 1.29 is 9.90 Å². The van der Waals surface area contributed by atoms with Crippen LogP contribution in [0.15, 0.2) is 30.9 Å². The number of aromatic amines is 1. The van der Waals surface area contributed by atoms with Crippen molar-refractivity contribution in [3.8, 4) is 0 Å². The first-order valence-corrected chi connectivity index (χ1v) is 8.15. The first-order valence-electron chi connectivity index (χ1n) is 8.15. The number of carbonyl (C=O) groups is 1. The van der Waals surface area contributed by atoms with Gasteiger partial charge < -0.3 is 20.7 Å². The maximum atomic E-state index is 12.5. The summed E-state index contributed by atoms with van der Waals surface area (Å²) in [6.07, 6.45) is 6.36. The Labute approximate surface area is 165 Å². The van der Waals surface area contributed by atoms with E-state index in [-0.39, 0.29) is 30.7 Å². The normalized spacial score (nSPS) is 17.0. The van der Waals surface area contributed by atoms with Crippen LogP contribution < -0.4 is 5.73 Å². The Bertz CT molecular complexity index is 686. The van der Waals surface area contributed by atoms with Gasteiger partial charge in [0.15, 0.2) is 0 Å². The van der Waals surface area contributed by atoms with Gasteiger partial charge in [0.1, 0.15) is 5.60 Å². The summed E-state index contributed by atoms with van der Waals surface area (Å²) >= 11 is 0. The van der Waals surface area contributed by atoms with Crippen molar-refractivity contribution in [1.82, 2.24) is 19.9 Å². The highest BCUT2D eigenvalue weighted by atomic mass is 35.5. The summed E-state index contributed by atoms with van der Waals surface area (Å²) in [7, 11) is 0. The van der Waals surface area contributed by atoms with Crippen molar-refractivity contribution in [2.24, 2.45) is 5.73 Å². The van der Waals surface area contributed by atoms with E-state index in [0.29, 0.717) is 38.0 Å². The van der Waals surface area contributed by atoms with Gasteiger partial charge in [-0.1, -0.05) is 6.07 Å². The molecule has 144 valence electrons. The number of rotatable bonds is 4. The Morgan fingerprint density at radius 1 is 1.35 bits per heavy atom. The predicted molar refractivity (Wildman–Crippen MR) is 103 cm³/mol. The molecule has 3 heterocycles. The molecule has 26 heavy (non-hydrogen) atoms. The number of aliphatic hydroxyl groups is 1. The van der Waals surface area contributed by atoms with Crippen LogP contribution in [0.1, 0.15) is 29.8 Å². The Balaban J connectivity index is 0.00000169. The van der Waals surface area contributed by atoms with E-state index < -0.39 is 11.6 Å². The van der Waals surface area contributed by atoms with Crippen molar-refractivity contribution in [3.05, 3.63) is 47.8 Å². The quantitative estimate of drug-likeness (QED) is 0.715. The smallest absolute Gasteiger partial charge is 0.239 e. The number of hydrogen-bond acceptors (Lipinski definition) is 5. The molecule has 0 bridgehead atoms. The number of imidazole rings is 1. The van der Waals surface area contributed by atoms with Gasteiger partial charge in [0.25, 0.3) is 0 Å². The van der Waals surface area contributed by atoms with Crippen molar-refractivity contribution in [3.63, 3.8) is 0 Å². The minimum Gasteiger partial charge on any atom is -0.383 e. The predicted octanol–water partition coefficient (Wildman–Crippen LogP) is 1.34. The van der Waals surface area contributed by atoms with Crippen molar-refractivity contribution in [1.29, 1.82) is 0 Å². The molecule has 4 N–H and O–H groups in total. The lowest BCUT2D eigenvalue weighted by molar-refractivity contribution is -0.137. The number of carbonyl (C=O) groups excluding carboxylic acids is 1. The van der Waals surface area contributed by atoms with E-state index in [1.165, 1.54) is 0 Å². The highest BCUT2D eigenvalue weighted by Gasteiger charge is 2.37. The van der Waals surface area contributed by atoms with Crippen LogP contribution in [-0.2, 0) is 16.8 Å². The van der Waals surface area contributed by atoms with Gasteiger partial charge in [0.05, 0.1) is 18.1 Å². The monoisotopic (exact) mass is 401 g/mol. The topological polar surface area (TPSA) is 108 Å². The Kier molecular flexibility index (Phi) is 8.02. The third-order valence-corrected chi connectivity index (χ3v) is 4.60. The Hall–Kier alpha value is -1.67. The minimum atomic E-state index is -0.974. The van der Waals surface area contributed by atoms with E-state index in [0.717, 1.165) is 11.3 Å². The van der Waals surface area contributed by atoms with Gasteiger partial charge in [0, 0.05) is 37.6 Å². The molecule has 0 aromatic carbocycles. The van der Waals surface area contributed by atoms with Gasteiger partial charge in [-0.2, -0.15) is 0 Å². The average molecular weight is 402 g/mol. The summed E-state index contributed by atoms with van der Waals surface area (Å²) in [6.45, 7) is 2.91. The number of pyridine rings is 1. The van der Waals surface area contributed by atoms with E-state index in [9.17, 15) is 9.90 Å². The van der Waals surface area contributed by atoms with E-state index in [1.54, 1.807) is 23.6 Å². The lowest BCUT2D eigenvalue weighted by Crippen LogP contribution is -2.51. The molecule has 1 fully saturated rings. The van der Waals surface area contributed by atoms with Crippen molar-refractivity contribution in [2.75, 3.05) is 13.1 Å². The maximum Gasteiger partial charge on any atom is 0.239 e. The number of H-pyrrole nitrogens is 1. The summed E-state index contributed by atoms with van der Waals surface area (Å²) < 4.78 is 0. The number of aromatic nitrogens is 3. The lowest BCUT2D eigenvalue weighted by Gasteiger charge is -2.38. The fraction of sp³-hybridized carbons (Fsp3) is 0.471. The minimum absolute atomic E-state index is 0. The zero-order chi connectivity index (χ0) is 17.2. The number of amides is 1. The number of nitrogens with two attached hydrogens (primary N) is 1. The fourth-order valence-electron chi connectivity index (χ4n) is 3.05. The van der Waals surface area contributed by atoms with Crippen LogP contribution in [0.25, 0.3) is 0 Å². The number of hydrogen-bond donors (Lipinski definition) is 3. The van der Waals surface area contributed by atoms with Crippen LogP contribution in [0.5, 0.6) is 0 Å². The van der Waals surface area contributed by atoms with Crippen LogP contribution in [0.4, 0.5) is 0 Å². The van der Waals surface area contributed by atoms with Gasteiger partial charge >= 0.3 is 0 Å². The molecule has 0 aliphatic carbocycles. The fourth-order valence-corrected chi connectivity index (χ4v) is 3.05. The average Bonchev–Trinajstić information content (AvgIpc) is 3.08. The summed E-state index contributed by atoms with van der Waals surface area (Å²) in [5.74, 6) is -0.0940. The van der Waals surface area contributed by atoms with E-state index >= 15 is 0 Å². The molecule has 7 nitrogen and oxygen atoms in total. The molecule has 9 heteroatoms. The maximum absolute atomic E-state index is 12.5. The van der Waals surface area contributed by atoms with Gasteiger partial charge in [-0.25, -0.2) is 4.98 Å². The third kappa shape index (κ3) is 4.94. The second-order valence-electron chi connectivity index (χ2n) is 6.47. The summed E-state index contributed by atoms with van der Waals surface area (Å²) in [5, 5.41) is 10.8. The molecule has 1 aliphatic rings. The standard InChI is InChI=1S/C17H23N5O2.2ClH/c1-12-2-3-15(20-9-12)17(24)4-6-22(7-5-17)16(23)14(18)8-13-10-19-11-21-13;;/h2-3,9-11,14,24H,4-8,18H2,1H3,(H,19,21);2*1H/t14-;;/m0../s1. The molecule has 1 atom stereocenters. The summed E-state index contributed by atoms with van der Waals surface area (Å²) in [4.78, 5) is 25.4. The molecule has 0 radical (unpaired) electrons. The molecule has 0 spiro atoms. The molecule has 3 rings (SSSR count). The summed E-state index contributed by atoms with van der Waals surface area (Å²) in [5.41, 5.74) is 7.61. The van der Waals surface area contributed by atoms with Crippen LogP contribution in [0.3, 0.4) is 0 Å². The van der Waals surface area contributed by atoms with Crippen LogP contribution >= 0.6 is 24.8 Å². The van der Waals surface area contributed by atoms with Crippen LogP contribution in [-0.4, -0.2) is 50.0 Å². The van der Waals surface area contributed by atoms with E-state index in [4.69, 9.17) is 5.73 Å². The second-order valence-corrected chi connectivity index (χ2v) is 6.47. The Morgan fingerprint density at radius 3 is 2.58 bits per heavy atom.